The molecule has 1 saturated heterocycles. The number of carbonyl (C=O) groups excluding carboxylic acids is 1. The molecule has 0 spiro atoms. The molecule has 3 N–H and O–H groups in total. The molecule has 1 heterocycles. The van der Waals surface area contributed by atoms with Gasteiger partial charge in [-0.25, -0.2) is 9.59 Å². The minimum atomic E-state index is -5.08. The van der Waals surface area contributed by atoms with Crippen LogP contribution in [0, 0.1) is 0 Å². The lowest BCUT2D eigenvalue weighted by Crippen LogP contribution is -2.48. The lowest BCUT2D eigenvalue weighted by Gasteiger charge is -2.39. The summed E-state index contributed by atoms with van der Waals surface area (Å²) in [7, 11) is 1.72. The number of carbonyl (C=O) groups is 2. The van der Waals surface area contributed by atoms with Gasteiger partial charge in [-0.15, -0.1) is 0 Å². The van der Waals surface area contributed by atoms with E-state index in [2.05, 4.69) is 99.3 Å². The average molecular weight is 677 g/mol. The normalized spacial score (nSPS) is 13.6. The second-order valence-electron chi connectivity index (χ2n) is 11.7. The average Bonchev–Trinajstić information content (AvgIpc) is 3.10. The molecule has 260 valence electrons. The van der Waals surface area contributed by atoms with E-state index in [9.17, 15) is 18.0 Å². The van der Waals surface area contributed by atoms with E-state index in [0.717, 1.165) is 67.9 Å². The number of hydrogen-bond acceptors (Lipinski definition) is 5. The summed E-state index contributed by atoms with van der Waals surface area (Å²) in [6.45, 7) is 5.72. The molecule has 8 nitrogen and oxygen atoms in total. The van der Waals surface area contributed by atoms with Gasteiger partial charge in [0.05, 0.1) is 6.61 Å². The molecule has 2 amide bonds. The first-order valence-corrected chi connectivity index (χ1v) is 16.2. The molecule has 1 aliphatic heterocycles. The van der Waals surface area contributed by atoms with Crippen LogP contribution in [0.5, 0.6) is 0 Å². The molecular weight excluding hydrogens is 633 g/mol. The number of aliphatic carboxylic acids is 1. The third-order valence-electron chi connectivity index (χ3n) is 8.18. The summed E-state index contributed by atoms with van der Waals surface area (Å²) >= 11 is 0. The van der Waals surface area contributed by atoms with Crippen molar-refractivity contribution in [2.45, 2.75) is 44.7 Å². The van der Waals surface area contributed by atoms with Gasteiger partial charge in [0.25, 0.3) is 0 Å². The highest BCUT2D eigenvalue weighted by atomic mass is 19.4. The fourth-order valence-electron chi connectivity index (χ4n) is 5.69. The van der Waals surface area contributed by atoms with E-state index in [0.29, 0.717) is 13.2 Å². The molecule has 0 bridgehead atoms. The summed E-state index contributed by atoms with van der Waals surface area (Å²) in [6, 6.07) is 37.7. The number of alkyl halides is 3. The summed E-state index contributed by atoms with van der Waals surface area (Å²) in [5.74, 6) is -2.76. The number of ether oxygens (including phenoxy) is 1. The Bertz CT molecular complexity index is 1600. The van der Waals surface area contributed by atoms with Gasteiger partial charge in [0.2, 0.25) is 0 Å². The molecular formula is C38H43F3N4O4. The van der Waals surface area contributed by atoms with E-state index >= 15 is 0 Å². The van der Waals surface area contributed by atoms with Crippen molar-refractivity contribution in [1.29, 1.82) is 0 Å². The summed E-state index contributed by atoms with van der Waals surface area (Å²) < 4.78 is 36.9. The maximum atomic E-state index is 13.8. The topological polar surface area (TPSA) is 94.1 Å². The predicted molar refractivity (Wildman–Crippen MR) is 185 cm³/mol. The number of carboxylic acids is 1. The Hall–Kier alpha value is -4.71. The van der Waals surface area contributed by atoms with E-state index < -0.39 is 12.1 Å². The number of likely N-dealkylation sites (tertiary alicyclic amines) is 1. The maximum Gasteiger partial charge on any atom is 0.490 e. The number of halogens is 3. The number of amides is 2. The monoisotopic (exact) mass is 676 g/mol. The number of piperidine rings is 1. The molecule has 1 aliphatic rings. The number of methoxy groups -OCH3 is 1. The number of nitrogens with one attached hydrogen (secondary N) is 2. The van der Waals surface area contributed by atoms with Gasteiger partial charge < -0.3 is 25.4 Å². The van der Waals surface area contributed by atoms with Gasteiger partial charge in [-0.3, -0.25) is 4.90 Å². The molecule has 4 aromatic carbocycles. The summed E-state index contributed by atoms with van der Waals surface area (Å²) in [5, 5.41) is 13.7. The molecule has 5 rings (SSSR count). The van der Waals surface area contributed by atoms with Crippen molar-refractivity contribution in [3.63, 3.8) is 0 Å². The van der Waals surface area contributed by atoms with Crippen molar-refractivity contribution in [1.82, 2.24) is 15.1 Å². The van der Waals surface area contributed by atoms with Crippen molar-refractivity contribution >= 4 is 17.7 Å². The Kier molecular flexibility index (Phi) is 14.2. The van der Waals surface area contributed by atoms with Gasteiger partial charge in [-0.1, -0.05) is 91.0 Å². The SMILES string of the molecule is COCCNCc1cccc(-c2ccccc2CN(C(=O)Nc2ccccc2)C2CCN(Cc3ccccc3)CC2)c1.O=C(O)C(F)(F)F. The number of carboxylic acid groups (broad SMARTS) is 1. The van der Waals surface area contributed by atoms with Crippen LogP contribution >= 0.6 is 0 Å². The number of hydrogen-bond donors (Lipinski definition) is 3. The minimum Gasteiger partial charge on any atom is -0.475 e. The van der Waals surface area contributed by atoms with Gasteiger partial charge >= 0.3 is 18.2 Å². The third kappa shape index (κ3) is 12.0. The van der Waals surface area contributed by atoms with Gasteiger partial charge in [-0.05, 0) is 58.9 Å². The van der Waals surface area contributed by atoms with Gasteiger partial charge in [0.15, 0.2) is 0 Å². The predicted octanol–water partition coefficient (Wildman–Crippen LogP) is 7.42. The van der Waals surface area contributed by atoms with Crippen LogP contribution in [0.1, 0.15) is 29.5 Å². The van der Waals surface area contributed by atoms with E-state index in [1.165, 1.54) is 11.1 Å². The lowest BCUT2D eigenvalue weighted by molar-refractivity contribution is -0.192. The standard InChI is InChI=1S/C36H42N4O2.C2HF3O2/c1-42-24-21-37-26-30-13-10-15-31(25-30)35-18-9-8-14-32(35)28-40(36(41)38-33-16-6-3-7-17-33)34-19-22-39(23-20-34)27-29-11-4-2-5-12-29;3-2(4,5)1(6)7/h2-18,25,34,37H,19-24,26-28H2,1H3,(H,38,41);(H,6,7). The van der Waals surface area contributed by atoms with Crippen LogP contribution in [0.25, 0.3) is 11.1 Å². The van der Waals surface area contributed by atoms with Gasteiger partial charge in [0, 0.05) is 58.1 Å². The summed E-state index contributed by atoms with van der Waals surface area (Å²) in [4.78, 5) is 27.3. The summed E-state index contributed by atoms with van der Waals surface area (Å²) in [6.07, 6.45) is -3.19. The Labute approximate surface area is 285 Å². The van der Waals surface area contributed by atoms with Gasteiger partial charge in [0.1, 0.15) is 0 Å². The molecule has 0 unspecified atom stereocenters. The first-order valence-electron chi connectivity index (χ1n) is 16.2. The minimum absolute atomic E-state index is 0.0476. The van der Waals surface area contributed by atoms with Crippen molar-refractivity contribution < 1.29 is 32.6 Å². The zero-order valence-corrected chi connectivity index (χ0v) is 27.5. The Morgan fingerprint density at radius 3 is 2.14 bits per heavy atom. The number of nitrogens with zero attached hydrogens (tertiary/aromatic N) is 2. The molecule has 4 aromatic rings. The van der Waals surface area contributed by atoms with Gasteiger partial charge in [-0.2, -0.15) is 13.2 Å². The maximum absolute atomic E-state index is 13.8. The number of anilines is 1. The number of para-hydroxylation sites is 1. The fraction of sp³-hybridized carbons (Fsp3) is 0.316. The first kappa shape index (κ1) is 37.1. The molecule has 1 fully saturated rings. The smallest absolute Gasteiger partial charge is 0.475 e. The van der Waals surface area contributed by atoms with Crippen LogP contribution in [-0.2, 0) is 29.2 Å². The van der Waals surface area contributed by atoms with Crippen LogP contribution in [-0.4, -0.2) is 72.5 Å². The van der Waals surface area contributed by atoms with E-state index in [1.54, 1.807) is 7.11 Å². The molecule has 0 aliphatic carbocycles. The van der Waals surface area contributed by atoms with E-state index in [1.807, 2.05) is 30.3 Å². The van der Waals surface area contributed by atoms with Crippen molar-refractivity contribution in [3.05, 3.63) is 126 Å². The Morgan fingerprint density at radius 1 is 0.878 bits per heavy atom. The highest BCUT2D eigenvalue weighted by molar-refractivity contribution is 5.89. The lowest BCUT2D eigenvalue weighted by atomic mass is 9.96. The van der Waals surface area contributed by atoms with Crippen molar-refractivity contribution in [2.75, 3.05) is 38.7 Å². The van der Waals surface area contributed by atoms with Crippen molar-refractivity contribution in [2.24, 2.45) is 0 Å². The number of rotatable bonds is 12. The molecule has 0 atom stereocenters. The Balaban J connectivity index is 0.000000698. The molecule has 11 heteroatoms. The second-order valence-corrected chi connectivity index (χ2v) is 11.7. The van der Waals surface area contributed by atoms with Crippen molar-refractivity contribution in [3.8, 4) is 11.1 Å². The zero-order chi connectivity index (χ0) is 35.1. The third-order valence-corrected chi connectivity index (χ3v) is 8.18. The highest BCUT2D eigenvalue weighted by Crippen LogP contribution is 2.29. The molecule has 0 aromatic heterocycles. The number of urea groups is 1. The molecule has 0 radical (unpaired) electrons. The van der Waals surface area contributed by atoms with E-state index in [4.69, 9.17) is 14.6 Å². The van der Waals surface area contributed by atoms with E-state index in [-0.39, 0.29) is 12.1 Å². The fourth-order valence-corrected chi connectivity index (χ4v) is 5.69. The van der Waals surface area contributed by atoms with Crippen LogP contribution in [0.2, 0.25) is 0 Å². The molecule has 49 heavy (non-hydrogen) atoms. The highest BCUT2D eigenvalue weighted by Gasteiger charge is 2.38. The Morgan fingerprint density at radius 2 is 1.49 bits per heavy atom. The second kappa shape index (κ2) is 18.7. The van der Waals surface area contributed by atoms with Crippen LogP contribution in [0.15, 0.2) is 109 Å². The quantitative estimate of drug-likeness (QED) is 0.135. The number of benzene rings is 4. The first-order chi connectivity index (χ1) is 23.6. The molecule has 0 saturated carbocycles. The zero-order valence-electron chi connectivity index (χ0n) is 27.5. The van der Waals surface area contributed by atoms with Crippen LogP contribution in [0.4, 0.5) is 23.7 Å². The largest absolute Gasteiger partial charge is 0.490 e. The van der Waals surface area contributed by atoms with Crippen LogP contribution in [0.3, 0.4) is 0 Å². The summed E-state index contributed by atoms with van der Waals surface area (Å²) in [5.41, 5.74) is 6.85. The van der Waals surface area contributed by atoms with Crippen LogP contribution < -0.4 is 10.6 Å².